The van der Waals surface area contributed by atoms with E-state index in [0.717, 1.165) is 35.6 Å². The average Bonchev–Trinajstić information content (AvgIpc) is 3.25. The molecule has 30 heavy (non-hydrogen) atoms. The molecule has 1 aromatic heterocycles. The minimum atomic E-state index is -4.42. The summed E-state index contributed by atoms with van der Waals surface area (Å²) < 4.78 is 43.7. The van der Waals surface area contributed by atoms with Gasteiger partial charge in [-0.25, -0.2) is 0 Å². The van der Waals surface area contributed by atoms with Crippen molar-refractivity contribution >= 4 is 11.6 Å². The number of hydrogen-bond donors (Lipinski definition) is 2. The van der Waals surface area contributed by atoms with Crippen LogP contribution in [0.3, 0.4) is 0 Å². The first-order chi connectivity index (χ1) is 14.4. The Kier molecular flexibility index (Phi) is 5.51. The normalized spacial score (nSPS) is 17.0. The molecule has 4 rings (SSSR count). The molecule has 2 N–H and O–H groups in total. The highest BCUT2D eigenvalue weighted by atomic mass is 19.4. The van der Waals surface area contributed by atoms with Gasteiger partial charge in [-0.05, 0) is 42.0 Å². The second-order valence-electron chi connectivity index (χ2n) is 6.70. The zero-order valence-corrected chi connectivity index (χ0v) is 15.7. The van der Waals surface area contributed by atoms with Crippen LogP contribution in [0.5, 0.6) is 0 Å². The van der Waals surface area contributed by atoms with Gasteiger partial charge in [-0.15, -0.1) is 5.10 Å². The second kappa shape index (κ2) is 8.25. The number of carbonyl (C=O) groups is 1. The van der Waals surface area contributed by atoms with E-state index in [1.54, 1.807) is 12.1 Å². The second-order valence-corrected chi connectivity index (χ2v) is 6.70. The van der Waals surface area contributed by atoms with Crippen molar-refractivity contribution in [3.8, 4) is 5.69 Å². The van der Waals surface area contributed by atoms with Crippen molar-refractivity contribution in [1.82, 2.24) is 20.3 Å². The maximum atomic E-state index is 12.7. The molecular weight excluding hydrogens is 399 g/mol. The van der Waals surface area contributed by atoms with Crippen LogP contribution in [0.25, 0.3) is 5.69 Å². The number of hydrogen-bond acceptors (Lipinski definition) is 5. The molecule has 0 bridgehead atoms. The van der Waals surface area contributed by atoms with Crippen molar-refractivity contribution in [2.75, 3.05) is 25.0 Å². The van der Waals surface area contributed by atoms with Crippen LogP contribution < -0.4 is 10.6 Å². The third kappa shape index (κ3) is 4.50. The van der Waals surface area contributed by atoms with E-state index < -0.39 is 17.6 Å². The van der Waals surface area contributed by atoms with E-state index in [2.05, 4.69) is 20.8 Å². The Hall–Kier alpha value is -3.24. The molecular formula is C20H18F3N5O2. The number of rotatable bonds is 4. The summed E-state index contributed by atoms with van der Waals surface area (Å²) in [4.78, 5) is 13.5. The van der Waals surface area contributed by atoms with E-state index in [4.69, 9.17) is 4.74 Å². The third-order valence-corrected chi connectivity index (χ3v) is 4.62. The van der Waals surface area contributed by atoms with Gasteiger partial charge in [-0.3, -0.25) is 4.79 Å². The van der Waals surface area contributed by atoms with Crippen molar-refractivity contribution in [1.29, 1.82) is 0 Å². The molecule has 3 aromatic rings. The summed E-state index contributed by atoms with van der Waals surface area (Å²) in [7, 11) is 0. The Labute approximate surface area is 169 Å². The number of carbonyl (C=O) groups excluding carboxylic acids is 1. The predicted octanol–water partition coefficient (Wildman–Crippen LogP) is 3.20. The largest absolute Gasteiger partial charge is 0.416 e. The number of halogens is 3. The van der Waals surface area contributed by atoms with Gasteiger partial charge < -0.3 is 15.4 Å². The van der Waals surface area contributed by atoms with Crippen LogP contribution in [-0.2, 0) is 10.9 Å². The Bertz CT molecular complexity index is 1010. The molecule has 156 valence electrons. The fourth-order valence-corrected chi connectivity index (χ4v) is 3.03. The molecule has 1 atom stereocenters. The van der Waals surface area contributed by atoms with Crippen molar-refractivity contribution in [2.24, 2.45) is 0 Å². The molecule has 7 nitrogen and oxygen atoms in total. The van der Waals surface area contributed by atoms with E-state index >= 15 is 0 Å². The van der Waals surface area contributed by atoms with Crippen molar-refractivity contribution in [3.63, 3.8) is 0 Å². The van der Waals surface area contributed by atoms with Gasteiger partial charge in [0.2, 0.25) is 0 Å². The van der Waals surface area contributed by atoms with E-state index in [-0.39, 0.29) is 11.8 Å². The van der Waals surface area contributed by atoms with Gasteiger partial charge in [-0.1, -0.05) is 12.1 Å². The van der Waals surface area contributed by atoms with E-state index in [9.17, 15) is 18.0 Å². The summed E-state index contributed by atoms with van der Waals surface area (Å²) >= 11 is 0. The van der Waals surface area contributed by atoms with E-state index in [1.807, 2.05) is 12.1 Å². The minimum Gasteiger partial charge on any atom is -0.371 e. The number of morpholine rings is 1. The Morgan fingerprint density at radius 2 is 1.87 bits per heavy atom. The number of amides is 1. The average molecular weight is 417 g/mol. The molecule has 0 spiro atoms. The number of aromatic nitrogens is 3. The first-order valence-electron chi connectivity index (χ1n) is 9.24. The lowest BCUT2D eigenvalue weighted by Crippen LogP contribution is -2.33. The van der Waals surface area contributed by atoms with Crippen LogP contribution in [0.4, 0.5) is 18.9 Å². The van der Waals surface area contributed by atoms with Crippen molar-refractivity contribution in [2.45, 2.75) is 12.3 Å². The molecule has 0 radical (unpaired) electrons. The van der Waals surface area contributed by atoms with Gasteiger partial charge in [0.15, 0.2) is 5.69 Å². The standard InChI is InChI=1S/C20H18F3N5O2/c21-20(22,23)14-3-7-16(8-4-14)28-25-11-17(27-28)19(29)26-15-5-1-13(2-6-15)18-12-24-9-10-30-18/h1-8,11,18,24H,9-10,12H2,(H,26,29). The first kappa shape index (κ1) is 20.0. The van der Waals surface area contributed by atoms with Crippen LogP contribution in [0.1, 0.15) is 27.7 Å². The Balaban J connectivity index is 1.41. The van der Waals surface area contributed by atoms with Gasteiger partial charge >= 0.3 is 6.18 Å². The summed E-state index contributed by atoms with van der Waals surface area (Å²) in [5.41, 5.74) is 1.17. The van der Waals surface area contributed by atoms with Crippen LogP contribution in [0.15, 0.2) is 54.7 Å². The number of anilines is 1. The predicted molar refractivity (Wildman–Crippen MR) is 102 cm³/mol. The lowest BCUT2D eigenvalue weighted by Gasteiger charge is -2.24. The highest BCUT2D eigenvalue weighted by molar-refractivity contribution is 6.02. The number of alkyl halides is 3. The number of nitrogens with zero attached hydrogens (tertiary/aromatic N) is 3. The van der Waals surface area contributed by atoms with Crippen LogP contribution in [0, 0.1) is 0 Å². The monoisotopic (exact) mass is 417 g/mol. The quantitative estimate of drug-likeness (QED) is 0.682. The van der Waals surface area contributed by atoms with Gasteiger partial charge in [-0.2, -0.15) is 23.1 Å². The smallest absolute Gasteiger partial charge is 0.371 e. The SMILES string of the molecule is O=C(Nc1ccc(C2CNCCO2)cc1)c1cnn(-c2ccc(C(F)(F)F)cc2)n1. The lowest BCUT2D eigenvalue weighted by atomic mass is 10.1. The summed E-state index contributed by atoms with van der Waals surface area (Å²) in [6, 6.07) is 11.7. The molecule has 1 saturated heterocycles. The van der Waals surface area contributed by atoms with E-state index in [1.165, 1.54) is 18.3 Å². The summed E-state index contributed by atoms with van der Waals surface area (Å²) in [5.74, 6) is -0.475. The molecule has 1 unspecified atom stereocenters. The number of benzene rings is 2. The number of ether oxygens (including phenoxy) is 1. The third-order valence-electron chi connectivity index (χ3n) is 4.62. The van der Waals surface area contributed by atoms with E-state index in [0.29, 0.717) is 18.0 Å². The molecule has 2 heterocycles. The maximum Gasteiger partial charge on any atom is 0.416 e. The molecule has 0 saturated carbocycles. The van der Waals surface area contributed by atoms with Crippen LogP contribution >= 0.6 is 0 Å². The van der Waals surface area contributed by atoms with Crippen molar-refractivity contribution in [3.05, 3.63) is 71.5 Å². The summed E-state index contributed by atoms with van der Waals surface area (Å²) in [6.07, 6.45) is -3.19. The molecule has 1 amide bonds. The highest BCUT2D eigenvalue weighted by Crippen LogP contribution is 2.29. The van der Waals surface area contributed by atoms with Crippen molar-refractivity contribution < 1.29 is 22.7 Å². The van der Waals surface area contributed by atoms with Gasteiger partial charge in [0.05, 0.1) is 30.2 Å². The van der Waals surface area contributed by atoms with Gasteiger partial charge in [0.1, 0.15) is 0 Å². The molecule has 1 aliphatic rings. The molecule has 10 heteroatoms. The fourth-order valence-electron chi connectivity index (χ4n) is 3.03. The Morgan fingerprint density at radius 3 is 2.50 bits per heavy atom. The number of nitrogens with one attached hydrogen (secondary N) is 2. The molecule has 0 aliphatic carbocycles. The van der Waals surface area contributed by atoms with Crippen LogP contribution in [0.2, 0.25) is 0 Å². The van der Waals surface area contributed by atoms with Gasteiger partial charge in [0.25, 0.3) is 5.91 Å². The highest BCUT2D eigenvalue weighted by Gasteiger charge is 2.30. The van der Waals surface area contributed by atoms with Crippen LogP contribution in [-0.4, -0.2) is 40.6 Å². The zero-order chi connectivity index (χ0) is 21.1. The summed E-state index contributed by atoms with van der Waals surface area (Å²) in [5, 5.41) is 14.0. The molecule has 1 fully saturated rings. The molecule has 2 aromatic carbocycles. The maximum absolute atomic E-state index is 12.7. The topological polar surface area (TPSA) is 81.1 Å². The molecule has 1 aliphatic heterocycles. The minimum absolute atomic E-state index is 0.0212. The first-order valence-corrected chi connectivity index (χ1v) is 9.24. The fraction of sp³-hybridized carbons (Fsp3) is 0.250. The Morgan fingerprint density at radius 1 is 1.13 bits per heavy atom. The summed E-state index contributed by atoms with van der Waals surface area (Å²) in [6.45, 7) is 2.22. The lowest BCUT2D eigenvalue weighted by molar-refractivity contribution is -0.137. The zero-order valence-electron chi connectivity index (χ0n) is 15.7. The van der Waals surface area contributed by atoms with Gasteiger partial charge in [0, 0.05) is 18.8 Å².